The predicted octanol–water partition coefficient (Wildman–Crippen LogP) is 2.55. The van der Waals surface area contributed by atoms with Crippen molar-refractivity contribution in [3.63, 3.8) is 0 Å². The van der Waals surface area contributed by atoms with Gasteiger partial charge in [0, 0.05) is 13.1 Å². The summed E-state index contributed by atoms with van der Waals surface area (Å²) in [5.74, 6) is 0. The molecule has 0 aromatic carbocycles. The fourth-order valence-corrected chi connectivity index (χ4v) is 1.96. The SMILES string of the molecule is O=C(OC1CCC1)N1CCCCCC1. The number of hydrogen-bond acceptors (Lipinski definition) is 2. The normalized spacial score (nSPS) is 23.9. The molecule has 0 atom stereocenters. The Labute approximate surface area is 85.4 Å². The fourth-order valence-electron chi connectivity index (χ4n) is 1.96. The van der Waals surface area contributed by atoms with Crippen molar-refractivity contribution < 1.29 is 9.53 Å². The lowest BCUT2D eigenvalue weighted by molar-refractivity contribution is 0.0275. The molecule has 0 aromatic rings. The number of carbonyl (C=O) groups excluding carboxylic acids is 1. The fraction of sp³-hybridized carbons (Fsp3) is 0.909. The van der Waals surface area contributed by atoms with Crippen molar-refractivity contribution in [3.8, 4) is 0 Å². The van der Waals surface area contributed by atoms with Gasteiger partial charge in [-0.15, -0.1) is 0 Å². The van der Waals surface area contributed by atoms with E-state index in [1.807, 2.05) is 4.90 Å². The largest absolute Gasteiger partial charge is 0.446 e. The van der Waals surface area contributed by atoms with Crippen LogP contribution in [-0.2, 0) is 4.74 Å². The van der Waals surface area contributed by atoms with Crippen LogP contribution in [0.25, 0.3) is 0 Å². The topological polar surface area (TPSA) is 29.5 Å². The van der Waals surface area contributed by atoms with Crippen LogP contribution in [0.5, 0.6) is 0 Å². The Bertz CT molecular complexity index is 193. The summed E-state index contributed by atoms with van der Waals surface area (Å²) in [6.45, 7) is 1.79. The van der Waals surface area contributed by atoms with E-state index in [9.17, 15) is 4.79 Å². The Balaban J connectivity index is 1.76. The first-order valence-electron chi connectivity index (χ1n) is 5.82. The van der Waals surface area contributed by atoms with Crippen molar-refractivity contribution in [2.75, 3.05) is 13.1 Å². The van der Waals surface area contributed by atoms with Gasteiger partial charge in [0.1, 0.15) is 6.10 Å². The molecule has 0 N–H and O–H groups in total. The molecule has 1 heterocycles. The summed E-state index contributed by atoms with van der Waals surface area (Å²) in [5.41, 5.74) is 0. The third kappa shape index (κ3) is 2.40. The van der Waals surface area contributed by atoms with Gasteiger partial charge in [-0.1, -0.05) is 12.8 Å². The number of likely N-dealkylation sites (tertiary alicyclic amines) is 1. The van der Waals surface area contributed by atoms with Crippen LogP contribution in [0.2, 0.25) is 0 Å². The Morgan fingerprint density at radius 2 is 1.64 bits per heavy atom. The van der Waals surface area contributed by atoms with E-state index in [0.717, 1.165) is 38.8 Å². The summed E-state index contributed by atoms with van der Waals surface area (Å²) in [5, 5.41) is 0. The molecule has 2 rings (SSSR count). The average molecular weight is 197 g/mol. The Morgan fingerprint density at radius 1 is 1.00 bits per heavy atom. The van der Waals surface area contributed by atoms with Gasteiger partial charge < -0.3 is 9.64 Å². The van der Waals surface area contributed by atoms with Gasteiger partial charge in [0.2, 0.25) is 0 Å². The highest BCUT2D eigenvalue weighted by molar-refractivity contribution is 5.67. The van der Waals surface area contributed by atoms with Crippen LogP contribution in [-0.4, -0.2) is 30.2 Å². The minimum Gasteiger partial charge on any atom is -0.446 e. The summed E-state index contributed by atoms with van der Waals surface area (Å²) in [4.78, 5) is 13.5. The summed E-state index contributed by atoms with van der Waals surface area (Å²) < 4.78 is 5.37. The van der Waals surface area contributed by atoms with Gasteiger partial charge in [-0.05, 0) is 32.1 Å². The summed E-state index contributed by atoms with van der Waals surface area (Å²) >= 11 is 0. The zero-order valence-electron chi connectivity index (χ0n) is 8.71. The molecule has 1 aliphatic heterocycles. The van der Waals surface area contributed by atoms with Crippen LogP contribution in [0, 0.1) is 0 Å². The summed E-state index contributed by atoms with van der Waals surface area (Å²) in [7, 11) is 0. The molecule has 1 saturated carbocycles. The van der Waals surface area contributed by atoms with E-state index in [0.29, 0.717) is 0 Å². The minimum atomic E-state index is -0.0726. The first kappa shape index (κ1) is 9.81. The van der Waals surface area contributed by atoms with Crippen molar-refractivity contribution in [3.05, 3.63) is 0 Å². The lowest BCUT2D eigenvalue weighted by Gasteiger charge is -2.28. The van der Waals surface area contributed by atoms with E-state index in [-0.39, 0.29) is 12.2 Å². The van der Waals surface area contributed by atoms with E-state index >= 15 is 0 Å². The number of amides is 1. The molecule has 1 saturated heterocycles. The molecule has 1 amide bonds. The quantitative estimate of drug-likeness (QED) is 0.646. The van der Waals surface area contributed by atoms with Crippen molar-refractivity contribution in [2.45, 2.75) is 51.0 Å². The molecule has 80 valence electrons. The van der Waals surface area contributed by atoms with Crippen molar-refractivity contribution in [1.29, 1.82) is 0 Å². The van der Waals surface area contributed by atoms with E-state index in [1.165, 1.54) is 19.3 Å². The average Bonchev–Trinajstić information content (AvgIpc) is 2.38. The van der Waals surface area contributed by atoms with Gasteiger partial charge in [-0.25, -0.2) is 4.79 Å². The van der Waals surface area contributed by atoms with Gasteiger partial charge in [0.05, 0.1) is 0 Å². The van der Waals surface area contributed by atoms with Crippen molar-refractivity contribution in [1.82, 2.24) is 4.90 Å². The maximum Gasteiger partial charge on any atom is 0.410 e. The maximum atomic E-state index is 11.7. The molecular formula is C11H19NO2. The highest BCUT2D eigenvalue weighted by Crippen LogP contribution is 2.23. The lowest BCUT2D eigenvalue weighted by Crippen LogP contribution is -2.36. The zero-order valence-corrected chi connectivity index (χ0v) is 8.71. The van der Waals surface area contributed by atoms with Gasteiger partial charge >= 0.3 is 6.09 Å². The van der Waals surface area contributed by atoms with E-state index in [4.69, 9.17) is 4.74 Å². The first-order valence-corrected chi connectivity index (χ1v) is 5.82. The van der Waals surface area contributed by atoms with Crippen LogP contribution in [0.1, 0.15) is 44.9 Å². The predicted molar refractivity (Wildman–Crippen MR) is 54.2 cm³/mol. The Morgan fingerprint density at radius 3 is 2.14 bits per heavy atom. The van der Waals surface area contributed by atoms with Crippen LogP contribution < -0.4 is 0 Å². The third-order valence-corrected chi connectivity index (χ3v) is 3.18. The van der Waals surface area contributed by atoms with Crippen molar-refractivity contribution >= 4 is 6.09 Å². The van der Waals surface area contributed by atoms with Crippen LogP contribution >= 0.6 is 0 Å². The second kappa shape index (κ2) is 4.67. The highest BCUT2D eigenvalue weighted by Gasteiger charge is 2.25. The summed E-state index contributed by atoms with van der Waals surface area (Å²) in [6, 6.07) is 0. The Hall–Kier alpha value is -0.730. The Kier molecular flexibility index (Phi) is 3.27. The van der Waals surface area contributed by atoms with Gasteiger partial charge in [0.15, 0.2) is 0 Å². The standard InChI is InChI=1S/C11H19NO2/c13-11(14-10-6-5-7-10)12-8-3-1-2-4-9-12/h10H,1-9H2. The highest BCUT2D eigenvalue weighted by atomic mass is 16.6. The number of hydrogen-bond donors (Lipinski definition) is 0. The molecule has 3 nitrogen and oxygen atoms in total. The van der Waals surface area contributed by atoms with E-state index in [2.05, 4.69) is 0 Å². The molecule has 0 radical (unpaired) electrons. The molecule has 14 heavy (non-hydrogen) atoms. The molecule has 2 fully saturated rings. The molecule has 3 heteroatoms. The van der Waals surface area contributed by atoms with Crippen molar-refractivity contribution in [2.24, 2.45) is 0 Å². The molecule has 0 aromatic heterocycles. The smallest absolute Gasteiger partial charge is 0.410 e. The molecule has 0 bridgehead atoms. The van der Waals surface area contributed by atoms with E-state index < -0.39 is 0 Å². The van der Waals surface area contributed by atoms with Gasteiger partial charge in [-0.3, -0.25) is 0 Å². The minimum absolute atomic E-state index is 0.0726. The molecule has 0 unspecified atom stereocenters. The number of ether oxygens (including phenoxy) is 1. The maximum absolute atomic E-state index is 11.7. The van der Waals surface area contributed by atoms with Crippen LogP contribution in [0.4, 0.5) is 4.79 Å². The monoisotopic (exact) mass is 197 g/mol. The second-order valence-corrected chi connectivity index (χ2v) is 4.34. The first-order chi connectivity index (χ1) is 6.86. The lowest BCUT2D eigenvalue weighted by atomic mass is 9.96. The van der Waals surface area contributed by atoms with Gasteiger partial charge in [0.25, 0.3) is 0 Å². The van der Waals surface area contributed by atoms with Crippen LogP contribution in [0.15, 0.2) is 0 Å². The molecule has 1 aliphatic carbocycles. The van der Waals surface area contributed by atoms with Gasteiger partial charge in [-0.2, -0.15) is 0 Å². The zero-order chi connectivity index (χ0) is 9.80. The van der Waals surface area contributed by atoms with Crippen LogP contribution in [0.3, 0.4) is 0 Å². The summed E-state index contributed by atoms with van der Waals surface area (Å²) in [6.07, 6.45) is 8.30. The molecule has 0 spiro atoms. The number of carbonyl (C=O) groups is 1. The van der Waals surface area contributed by atoms with E-state index in [1.54, 1.807) is 0 Å². The second-order valence-electron chi connectivity index (χ2n) is 4.34. The third-order valence-electron chi connectivity index (χ3n) is 3.18. The molecule has 2 aliphatic rings. The molecular weight excluding hydrogens is 178 g/mol. The number of rotatable bonds is 1. The number of nitrogens with zero attached hydrogens (tertiary/aromatic N) is 1.